The number of hydrogen-bond donors (Lipinski definition) is 1. The van der Waals surface area contributed by atoms with Crippen LogP contribution < -0.4 is 14.8 Å². The monoisotopic (exact) mass is 495 g/mol. The molecule has 0 aromatic heterocycles. The van der Waals surface area contributed by atoms with Crippen LogP contribution in [0.1, 0.15) is 38.2 Å². The molecular formula is C19H28F2IN3O2. The fraction of sp³-hybridized carbons (Fsp3) is 0.632. The van der Waals surface area contributed by atoms with Crippen molar-refractivity contribution in [3.05, 3.63) is 23.8 Å². The van der Waals surface area contributed by atoms with Crippen LogP contribution in [0.5, 0.6) is 11.5 Å². The lowest BCUT2D eigenvalue weighted by molar-refractivity contribution is -0.0512. The number of nitrogens with zero attached hydrogens (tertiary/aromatic N) is 2. The molecule has 1 aliphatic carbocycles. The van der Waals surface area contributed by atoms with Crippen LogP contribution in [0.2, 0.25) is 0 Å². The highest BCUT2D eigenvalue weighted by Crippen LogP contribution is 2.47. The van der Waals surface area contributed by atoms with E-state index in [4.69, 9.17) is 9.73 Å². The summed E-state index contributed by atoms with van der Waals surface area (Å²) < 4.78 is 34.8. The van der Waals surface area contributed by atoms with Gasteiger partial charge in [-0.1, -0.05) is 12.5 Å². The van der Waals surface area contributed by atoms with Crippen LogP contribution in [0.4, 0.5) is 8.78 Å². The van der Waals surface area contributed by atoms with Crippen molar-refractivity contribution in [2.75, 3.05) is 26.7 Å². The number of hydrogen-bond acceptors (Lipinski definition) is 3. The number of halogens is 3. The molecule has 1 N–H and O–H groups in total. The number of guanidine groups is 1. The van der Waals surface area contributed by atoms with Gasteiger partial charge >= 0.3 is 6.61 Å². The number of rotatable bonds is 6. The summed E-state index contributed by atoms with van der Waals surface area (Å²) in [6.07, 6.45) is 5.19. The first-order valence-electron chi connectivity index (χ1n) is 9.20. The molecule has 1 saturated carbocycles. The minimum atomic E-state index is -2.89. The third-order valence-electron chi connectivity index (χ3n) is 5.34. The summed E-state index contributed by atoms with van der Waals surface area (Å²) >= 11 is 0. The van der Waals surface area contributed by atoms with Gasteiger partial charge in [0.2, 0.25) is 0 Å². The Hall–Kier alpha value is -1.32. The number of nitrogens with one attached hydrogen (secondary N) is 1. The first kappa shape index (κ1) is 22.0. The predicted octanol–water partition coefficient (Wildman–Crippen LogP) is 4.26. The summed E-state index contributed by atoms with van der Waals surface area (Å²) in [7, 11) is 1.43. The maximum absolute atomic E-state index is 12.6. The van der Waals surface area contributed by atoms with Gasteiger partial charge in [0.05, 0.1) is 13.7 Å². The lowest BCUT2D eigenvalue weighted by atomic mass is 9.68. The quantitative estimate of drug-likeness (QED) is 0.364. The first-order valence-corrected chi connectivity index (χ1v) is 9.20. The number of benzene rings is 1. The van der Waals surface area contributed by atoms with Gasteiger partial charge in [0, 0.05) is 19.6 Å². The van der Waals surface area contributed by atoms with Crippen molar-refractivity contribution in [3.63, 3.8) is 0 Å². The Morgan fingerprint density at radius 2 is 2.07 bits per heavy atom. The lowest BCUT2D eigenvalue weighted by Crippen LogP contribution is -2.42. The number of likely N-dealkylation sites (tertiary alicyclic amines) is 1. The molecular weight excluding hydrogens is 467 g/mol. The fourth-order valence-electron chi connectivity index (χ4n) is 3.80. The minimum Gasteiger partial charge on any atom is -0.493 e. The highest BCUT2D eigenvalue weighted by Gasteiger charge is 2.43. The van der Waals surface area contributed by atoms with E-state index < -0.39 is 6.61 Å². The van der Waals surface area contributed by atoms with Gasteiger partial charge in [0.15, 0.2) is 17.5 Å². The molecule has 1 saturated heterocycles. The third-order valence-corrected chi connectivity index (χ3v) is 5.34. The van der Waals surface area contributed by atoms with Crippen LogP contribution >= 0.6 is 24.0 Å². The Bertz CT molecular complexity index is 654. The van der Waals surface area contributed by atoms with Crippen molar-refractivity contribution in [2.24, 2.45) is 10.4 Å². The molecule has 1 aromatic rings. The number of alkyl halides is 2. The van der Waals surface area contributed by atoms with Crippen LogP contribution in [-0.2, 0) is 6.54 Å². The molecule has 0 unspecified atom stereocenters. The normalized spacial score (nSPS) is 18.3. The van der Waals surface area contributed by atoms with Crippen LogP contribution in [0.3, 0.4) is 0 Å². The van der Waals surface area contributed by atoms with Crippen molar-refractivity contribution >= 4 is 29.9 Å². The number of aliphatic imine (C=N–C) groups is 1. The molecule has 0 bridgehead atoms. The SMILES string of the molecule is CCNC(=NCc1ccc(OC)c(OC(F)F)c1)N1CCC2(CCC2)C1.I. The van der Waals surface area contributed by atoms with Gasteiger partial charge in [-0.25, -0.2) is 4.99 Å². The zero-order valence-electron chi connectivity index (χ0n) is 15.8. The third kappa shape index (κ3) is 5.36. The van der Waals surface area contributed by atoms with E-state index in [0.717, 1.165) is 31.2 Å². The Kier molecular flexibility index (Phi) is 7.93. The molecule has 0 amide bonds. The molecule has 1 aliphatic heterocycles. The van der Waals surface area contributed by atoms with Crippen molar-refractivity contribution in [2.45, 2.75) is 45.8 Å². The Morgan fingerprint density at radius 3 is 2.63 bits per heavy atom. The second-order valence-electron chi connectivity index (χ2n) is 7.06. The van der Waals surface area contributed by atoms with Crippen molar-refractivity contribution in [1.29, 1.82) is 0 Å². The maximum Gasteiger partial charge on any atom is 0.387 e. The molecule has 0 radical (unpaired) electrons. The molecule has 2 aliphatic rings. The molecule has 27 heavy (non-hydrogen) atoms. The van der Waals surface area contributed by atoms with Gasteiger partial charge in [-0.2, -0.15) is 8.78 Å². The molecule has 3 rings (SSSR count). The summed E-state index contributed by atoms with van der Waals surface area (Å²) in [5, 5.41) is 3.35. The molecule has 8 heteroatoms. The highest BCUT2D eigenvalue weighted by atomic mass is 127. The van der Waals surface area contributed by atoms with Gasteiger partial charge in [-0.3, -0.25) is 0 Å². The van der Waals surface area contributed by atoms with Crippen LogP contribution in [0.25, 0.3) is 0 Å². The lowest BCUT2D eigenvalue weighted by Gasteiger charge is -2.38. The van der Waals surface area contributed by atoms with Crippen LogP contribution in [-0.4, -0.2) is 44.2 Å². The second kappa shape index (κ2) is 9.75. The van der Waals surface area contributed by atoms with Crippen molar-refractivity contribution < 1.29 is 18.3 Å². The van der Waals surface area contributed by atoms with Gasteiger partial charge in [0.1, 0.15) is 0 Å². The van der Waals surface area contributed by atoms with E-state index in [1.165, 1.54) is 32.8 Å². The second-order valence-corrected chi connectivity index (χ2v) is 7.06. The molecule has 1 aromatic carbocycles. The topological polar surface area (TPSA) is 46.1 Å². The molecule has 1 spiro atoms. The van der Waals surface area contributed by atoms with Gasteiger partial charge < -0.3 is 19.7 Å². The van der Waals surface area contributed by atoms with E-state index >= 15 is 0 Å². The first-order chi connectivity index (χ1) is 12.5. The average molecular weight is 495 g/mol. The van der Waals surface area contributed by atoms with E-state index in [2.05, 4.69) is 15.0 Å². The fourth-order valence-corrected chi connectivity index (χ4v) is 3.80. The molecule has 2 fully saturated rings. The van der Waals surface area contributed by atoms with Gasteiger partial charge in [0.25, 0.3) is 0 Å². The Labute approximate surface area is 176 Å². The van der Waals surface area contributed by atoms with E-state index in [1.807, 2.05) is 13.0 Å². The largest absolute Gasteiger partial charge is 0.493 e. The summed E-state index contributed by atoms with van der Waals surface area (Å²) in [6.45, 7) is 2.44. The summed E-state index contributed by atoms with van der Waals surface area (Å²) in [5.74, 6) is 1.22. The minimum absolute atomic E-state index is 0. The van der Waals surface area contributed by atoms with E-state index in [0.29, 0.717) is 12.0 Å². The number of ether oxygens (including phenoxy) is 2. The smallest absolute Gasteiger partial charge is 0.387 e. The molecule has 5 nitrogen and oxygen atoms in total. The van der Waals surface area contributed by atoms with Gasteiger partial charge in [-0.05, 0) is 49.3 Å². The van der Waals surface area contributed by atoms with E-state index in [-0.39, 0.29) is 35.5 Å². The molecule has 1 heterocycles. The van der Waals surface area contributed by atoms with Crippen LogP contribution in [0.15, 0.2) is 23.2 Å². The maximum atomic E-state index is 12.6. The van der Waals surface area contributed by atoms with Crippen molar-refractivity contribution in [3.8, 4) is 11.5 Å². The van der Waals surface area contributed by atoms with E-state index in [1.54, 1.807) is 12.1 Å². The Morgan fingerprint density at radius 1 is 1.30 bits per heavy atom. The summed E-state index contributed by atoms with van der Waals surface area (Å²) in [4.78, 5) is 7.04. The molecule has 152 valence electrons. The summed E-state index contributed by atoms with van der Waals surface area (Å²) in [6, 6.07) is 5.02. The molecule has 0 atom stereocenters. The summed E-state index contributed by atoms with van der Waals surface area (Å²) in [5.41, 5.74) is 1.29. The predicted molar refractivity (Wildman–Crippen MR) is 112 cm³/mol. The van der Waals surface area contributed by atoms with Crippen molar-refractivity contribution in [1.82, 2.24) is 10.2 Å². The zero-order valence-corrected chi connectivity index (χ0v) is 18.2. The van der Waals surface area contributed by atoms with Crippen LogP contribution in [0, 0.1) is 5.41 Å². The number of methoxy groups -OCH3 is 1. The Balaban J connectivity index is 0.00000261. The van der Waals surface area contributed by atoms with Gasteiger partial charge in [-0.15, -0.1) is 24.0 Å². The standard InChI is InChI=1S/C19H27F2N3O2.HI/c1-3-22-18(24-10-9-19(13-24)7-4-8-19)23-12-14-5-6-15(25-2)16(11-14)26-17(20)21;/h5-6,11,17H,3-4,7-10,12-13H2,1-2H3,(H,22,23);1H. The highest BCUT2D eigenvalue weighted by molar-refractivity contribution is 14.0. The van der Waals surface area contributed by atoms with E-state index in [9.17, 15) is 8.78 Å². The average Bonchev–Trinajstić information content (AvgIpc) is 3.04. The zero-order chi connectivity index (χ0) is 18.6.